The normalized spacial score (nSPS) is 10.1. The van der Waals surface area contributed by atoms with Gasteiger partial charge in [0.25, 0.3) is 0 Å². The van der Waals surface area contributed by atoms with Crippen molar-refractivity contribution in [2.75, 3.05) is 19.8 Å². The Balaban J connectivity index is 2.64. The molecule has 1 aromatic rings. The molecule has 1 aromatic carbocycles. The van der Waals surface area contributed by atoms with Crippen LogP contribution in [0.3, 0.4) is 0 Å². The molecule has 0 aliphatic heterocycles. The topological polar surface area (TPSA) is 40.0 Å². The summed E-state index contributed by atoms with van der Waals surface area (Å²) in [6, 6.07) is 1.65. The molecule has 0 unspecified atom stereocenters. The van der Waals surface area contributed by atoms with Crippen molar-refractivity contribution in [1.82, 2.24) is 0 Å². The van der Waals surface area contributed by atoms with Gasteiger partial charge in [-0.15, -0.1) is 0 Å². The molecule has 0 saturated carbocycles. The van der Waals surface area contributed by atoms with Crippen molar-refractivity contribution in [3.05, 3.63) is 32.2 Å². The van der Waals surface area contributed by atoms with Gasteiger partial charge in [-0.2, -0.15) is 0 Å². The zero-order valence-corrected chi connectivity index (χ0v) is 16.7. The molecule has 0 radical (unpaired) electrons. The molecule has 0 amide bonds. The van der Waals surface area contributed by atoms with Crippen LogP contribution in [0.25, 0.3) is 0 Å². The zero-order chi connectivity index (χ0) is 18.1. The SMILES string of the molecule is CC(C)=NOCCCOc1c(Cl)cc(OCC=C(Cl)Cl)c(C)c1Cl. The second-order valence-electron chi connectivity index (χ2n) is 5.00. The Hall–Kier alpha value is -0.810. The van der Waals surface area contributed by atoms with Crippen LogP contribution in [-0.2, 0) is 4.84 Å². The molecule has 8 heteroatoms. The lowest BCUT2D eigenvalue weighted by molar-refractivity contribution is 0.127. The molecule has 0 fully saturated rings. The van der Waals surface area contributed by atoms with Crippen molar-refractivity contribution in [1.29, 1.82) is 0 Å². The maximum atomic E-state index is 6.32. The van der Waals surface area contributed by atoms with E-state index in [2.05, 4.69) is 5.16 Å². The third-order valence-corrected chi connectivity index (χ3v) is 3.77. The smallest absolute Gasteiger partial charge is 0.157 e. The van der Waals surface area contributed by atoms with Gasteiger partial charge in [-0.1, -0.05) is 51.6 Å². The largest absolute Gasteiger partial charge is 0.490 e. The molecule has 24 heavy (non-hydrogen) atoms. The lowest BCUT2D eigenvalue weighted by Crippen LogP contribution is -2.04. The summed E-state index contributed by atoms with van der Waals surface area (Å²) in [5.74, 6) is 0.962. The van der Waals surface area contributed by atoms with Crippen molar-refractivity contribution in [3.63, 3.8) is 0 Å². The molecule has 0 aliphatic rings. The number of oxime groups is 1. The Kier molecular flexibility index (Phi) is 9.67. The number of hydrogen-bond acceptors (Lipinski definition) is 4. The summed E-state index contributed by atoms with van der Waals surface area (Å²) in [6.07, 6.45) is 2.18. The lowest BCUT2D eigenvalue weighted by atomic mass is 10.2. The number of rotatable bonds is 9. The quantitative estimate of drug-likeness (QED) is 0.275. The predicted octanol–water partition coefficient (Wildman–Crippen LogP) is 6.18. The van der Waals surface area contributed by atoms with E-state index < -0.39 is 0 Å². The highest BCUT2D eigenvalue weighted by molar-refractivity contribution is 6.55. The fourth-order valence-corrected chi connectivity index (χ4v) is 2.29. The molecule has 134 valence electrons. The van der Waals surface area contributed by atoms with Crippen LogP contribution in [0.4, 0.5) is 0 Å². The highest BCUT2D eigenvalue weighted by Crippen LogP contribution is 2.40. The van der Waals surface area contributed by atoms with Gasteiger partial charge in [0.15, 0.2) is 5.75 Å². The van der Waals surface area contributed by atoms with Gasteiger partial charge in [0.2, 0.25) is 0 Å². The van der Waals surface area contributed by atoms with E-state index in [1.807, 2.05) is 20.8 Å². The second kappa shape index (κ2) is 10.9. The third-order valence-electron chi connectivity index (χ3n) is 2.72. The summed E-state index contributed by atoms with van der Waals surface area (Å²) >= 11 is 23.6. The predicted molar refractivity (Wildman–Crippen MR) is 101 cm³/mol. The van der Waals surface area contributed by atoms with Crippen molar-refractivity contribution in [2.45, 2.75) is 27.2 Å². The minimum Gasteiger partial charge on any atom is -0.490 e. The van der Waals surface area contributed by atoms with Gasteiger partial charge >= 0.3 is 0 Å². The molecule has 0 spiro atoms. The molecular weight excluding hydrogens is 396 g/mol. The molecule has 0 aromatic heterocycles. The Morgan fingerprint density at radius 2 is 1.88 bits per heavy atom. The Morgan fingerprint density at radius 3 is 2.50 bits per heavy atom. The fraction of sp³-hybridized carbons (Fsp3) is 0.438. The molecule has 4 nitrogen and oxygen atoms in total. The van der Waals surface area contributed by atoms with Crippen molar-refractivity contribution in [3.8, 4) is 11.5 Å². The van der Waals surface area contributed by atoms with Gasteiger partial charge < -0.3 is 14.3 Å². The van der Waals surface area contributed by atoms with Crippen molar-refractivity contribution < 1.29 is 14.3 Å². The van der Waals surface area contributed by atoms with Gasteiger partial charge in [-0.05, 0) is 26.8 Å². The second-order valence-corrected chi connectivity index (χ2v) is 6.80. The van der Waals surface area contributed by atoms with E-state index >= 15 is 0 Å². The number of hydrogen-bond donors (Lipinski definition) is 0. The van der Waals surface area contributed by atoms with Gasteiger partial charge in [-0.25, -0.2) is 0 Å². The van der Waals surface area contributed by atoms with Crippen LogP contribution in [0.1, 0.15) is 25.8 Å². The number of ether oxygens (including phenoxy) is 2. The molecule has 1 rings (SSSR count). The summed E-state index contributed by atoms with van der Waals surface area (Å²) < 4.78 is 11.3. The highest BCUT2D eigenvalue weighted by atomic mass is 35.5. The Bertz CT molecular complexity index is 610. The van der Waals surface area contributed by atoms with E-state index in [0.29, 0.717) is 41.2 Å². The van der Waals surface area contributed by atoms with Gasteiger partial charge in [0.1, 0.15) is 23.5 Å². The third kappa shape index (κ3) is 7.39. The van der Waals surface area contributed by atoms with Gasteiger partial charge in [0.05, 0.1) is 22.4 Å². The maximum Gasteiger partial charge on any atom is 0.157 e. The molecule has 0 atom stereocenters. The number of halogens is 4. The van der Waals surface area contributed by atoms with E-state index in [-0.39, 0.29) is 11.1 Å². The monoisotopic (exact) mass is 413 g/mol. The summed E-state index contributed by atoms with van der Waals surface area (Å²) in [7, 11) is 0. The van der Waals surface area contributed by atoms with Crippen molar-refractivity contribution >= 4 is 52.1 Å². The molecule has 0 aliphatic carbocycles. The van der Waals surface area contributed by atoms with Gasteiger partial charge in [-0.3, -0.25) is 0 Å². The highest BCUT2D eigenvalue weighted by Gasteiger charge is 2.15. The fourth-order valence-electron chi connectivity index (χ4n) is 1.62. The summed E-state index contributed by atoms with van der Waals surface area (Å²) in [5, 5.41) is 4.61. The van der Waals surface area contributed by atoms with Crippen LogP contribution in [0.5, 0.6) is 11.5 Å². The first kappa shape index (κ1) is 21.2. The standard InChI is InChI=1S/C16H19Cl4NO3/c1-10(2)21-24-7-4-6-23-16-12(17)9-13(11(3)15(16)20)22-8-5-14(18)19/h5,9H,4,6-8H2,1-3H3. The first-order valence-corrected chi connectivity index (χ1v) is 8.72. The molecule has 0 bridgehead atoms. The first-order valence-electron chi connectivity index (χ1n) is 7.21. The van der Waals surface area contributed by atoms with Crippen LogP contribution in [0.2, 0.25) is 10.0 Å². The number of nitrogens with zero attached hydrogens (tertiary/aromatic N) is 1. The summed E-state index contributed by atoms with van der Waals surface area (Å²) in [5.41, 5.74) is 1.58. The lowest BCUT2D eigenvalue weighted by Gasteiger charge is -2.15. The average Bonchev–Trinajstić information content (AvgIpc) is 2.50. The van der Waals surface area contributed by atoms with Crippen LogP contribution >= 0.6 is 46.4 Å². The summed E-state index contributed by atoms with van der Waals surface area (Å²) in [6.45, 7) is 6.60. The van der Waals surface area contributed by atoms with Crippen LogP contribution < -0.4 is 9.47 Å². The minimum atomic E-state index is 0.134. The Morgan fingerprint density at radius 1 is 1.17 bits per heavy atom. The Labute approximate surface area is 162 Å². The molecule has 0 saturated heterocycles. The van der Waals surface area contributed by atoms with Gasteiger partial charge in [0, 0.05) is 18.1 Å². The van der Waals surface area contributed by atoms with E-state index in [1.54, 1.807) is 6.07 Å². The van der Waals surface area contributed by atoms with Crippen molar-refractivity contribution in [2.24, 2.45) is 5.16 Å². The van der Waals surface area contributed by atoms with E-state index in [9.17, 15) is 0 Å². The van der Waals surface area contributed by atoms with E-state index in [1.165, 1.54) is 6.08 Å². The summed E-state index contributed by atoms with van der Waals surface area (Å²) in [4.78, 5) is 5.09. The van der Waals surface area contributed by atoms with Crippen LogP contribution in [-0.4, -0.2) is 25.5 Å². The van der Waals surface area contributed by atoms with E-state index in [0.717, 1.165) is 11.3 Å². The first-order chi connectivity index (χ1) is 11.3. The average molecular weight is 415 g/mol. The zero-order valence-electron chi connectivity index (χ0n) is 13.7. The van der Waals surface area contributed by atoms with Crippen LogP contribution in [0, 0.1) is 6.92 Å². The maximum absolute atomic E-state index is 6.32. The molecule has 0 N–H and O–H groups in total. The molecular formula is C16H19Cl4NO3. The molecule has 0 heterocycles. The minimum absolute atomic E-state index is 0.134. The number of benzene rings is 1. The van der Waals surface area contributed by atoms with Crippen LogP contribution in [0.15, 0.2) is 21.8 Å². The van der Waals surface area contributed by atoms with E-state index in [4.69, 9.17) is 60.7 Å².